The van der Waals surface area contributed by atoms with Gasteiger partial charge in [-0.1, -0.05) is 18.2 Å². The van der Waals surface area contributed by atoms with Gasteiger partial charge in [-0.3, -0.25) is 4.31 Å². The number of hydrazine groups is 1. The van der Waals surface area contributed by atoms with E-state index in [0.29, 0.717) is 17.2 Å². The monoisotopic (exact) mass is 303 g/mol. The smallest absolute Gasteiger partial charge is 0.267 e. The SMILES string of the molecule is NNc1cccc(CN2C=Nc3ccccc3S2(=O)=O)n1. The highest BCUT2D eigenvalue weighted by Gasteiger charge is 2.28. The van der Waals surface area contributed by atoms with Crippen LogP contribution in [0.3, 0.4) is 0 Å². The molecule has 3 N–H and O–H groups in total. The van der Waals surface area contributed by atoms with Crippen molar-refractivity contribution in [1.29, 1.82) is 0 Å². The third-order valence-corrected chi connectivity index (χ3v) is 4.79. The fourth-order valence-corrected chi connectivity index (χ4v) is 3.39. The molecule has 1 aromatic carbocycles. The van der Waals surface area contributed by atoms with E-state index >= 15 is 0 Å². The zero-order valence-corrected chi connectivity index (χ0v) is 11.8. The molecule has 1 aromatic heterocycles. The first-order valence-corrected chi connectivity index (χ1v) is 7.63. The van der Waals surface area contributed by atoms with Crippen molar-refractivity contribution in [2.24, 2.45) is 10.8 Å². The number of nitrogen functional groups attached to an aromatic ring is 1. The van der Waals surface area contributed by atoms with E-state index < -0.39 is 10.0 Å². The number of anilines is 1. The fraction of sp³-hybridized carbons (Fsp3) is 0.0769. The van der Waals surface area contributed by atoms with E-state index in [0.717, 1.165) is 4.31 Å². The molecular formula is C13H13N5O2S. The number of nitrogens with zero attached hydrogens (tertiary/aromatic N) is 3. The molecule has 7 nitrogen and oxygen atoms in total. The van der Waals surface area contributed by atoms with E-state index in [9.17, 15) is 8.42 Å². The van der Waals surface area contributed by atoms with Gasteiger partial charge < -0.3 is 5.43 Å². The number of para-hydroxylation sites is 1. The zero-order chi connectivity index (χ0) is 14.9. The molecule has 0 radical (unpaired) electrons. The second kappa shape index (κ2) is 5.15. The lowest BCUT2D eigenvalue weighted by Crippen LogP contribution is -2.31. The molecule has 8 heteroatoms. The van der Waals surface area contributed by atoms with Crippen LogP contribution in [-0.4, -0.2) is 24.0 Å². The maximum Gasteiger partial charge on any atom is 0.267 e. The Labute approximate surface area is 122 Å². The summed E-state index contributed by atoms with van der Waals surface area (Å²) in [5.74, 6) is 5.77. The molecule has 0 saturated carbocycles. The van der Waals surface area contributed by atoms with Crippen molar-refractivity contribution in [2.75, 3.05) is 5.43 Å². The van der Waals surface area contributed by atoms with E-state index in [-0.39, 0.29) is 11.4 Å². The summed E-state index contributed by atoms with van der Waals surface area (Å²) in [4.78, 5) is 8.56. The van der Waals surface area contributed by atoms with Crippen LogP contribution in [0.4, 0.5) is 11.5 Å². The molecule has 0 aliphatic carbocycles. The van der Waals surface area contributed by atoms with Crippen molar-refractivity contribution in [1.82, 2.24) is 9.29 Å². The lowest BCUT2D eigenvalue weighted by atomic mass is 10.3. The first-order valence-electron chi connectivity index (χ1n) is 6.19. The van der Waals surface area contributed by atoms with E-state index in [4.69, 9.17) is 5.84 Å². The van der Waals surface area contributed by atoms with Crippen molar-refractivity contribution in [3.63, 3.8) is 0 Å². The van der Waals surface area contributed by atoms with Gasteiger partial charge in [0.05, 0.1) is 17.9 Å². The molecule has 0 atom stereocenters. The highest BCUT2D eigenvalue weighted by molar-refractivity contribution is 7.89. The molecule has 1 aliphatic rings. The minimum atomic E-state index is -3.61. The summed E-state index contributed by atoms with van der Waals surface area (Å²) in [6.45, 7) is 0.0929. The fourth-order valence-electron chi connectivity index (χ4n) is 2.03. The largest absolute Gasteiger partial charge is 0.308 e. The number of benzene rings is 1. The van der Waals surface area contributed by atoms with Gasteiger partial charge in [-0.2, -0.15) is 0 Å². The van der Waals surface area contributed by atoms with Gasteiger partial charge >= 0.3 is 0 Å². The van der Waals surface area contributed by atoms with Crippen molar-refractivity contribution in [3.8, 4) is 0 Å². The molecule has 0 bridgehead atoms. The third-order valence-electron chi connectivity index (χ3n) is 3.05. The Bertz CT molecular complexity index is 804. The van der Waals surface area contributed by atoms with E-state index in [1.165, 1.54) is 6.34 Å². The minimum absolute atomic E-state index is 0.0929. The number of hydrogen-bond donors (Lipinski definition) is 2. The zero-order valence-electron chi connectivity index (χ0n) is 11.0. The van der Waals surface area contributed by atoms with Crippen molar-refractivity contribution >= 4 is 27.9 Å². The molecule has 3 rings (SSSR count). The quantitative estimate of drug-likeness (QED) is 0.656. The molecule has 0 fully saturated rings. The molecule has 0 amide bonds. The molecule has 2 heterocycles. The molecule has 0 saturated heterocycles. The van der Waals surface area contributed by atoms with Gasteiger partial charge in [0.15, 0.2) is 0 Å². The van der Waals surface area contributed by atoms with Crippen LogP contribution in [0.1, 0.15) is 5.69 Å². The van der Waals surface area contributed by atoms with Gasteiger partial charge in [0.1, 0.15) is 17.1 Å². The Kier molecular flexibility index (Phi) is 3.32. The minimum Gasteiger partial charge on any atom is -0.308 e. The van der Waals surface area contributed by atoms with E-state index in [2.05, 4.69) is 15.4 Å². The average Bonchev–Trinajstić information content (AvgIpc) is 2.51. The standard InChI is InChI=1S/C13H13N5O2S/c14-17-13-7-3-4-10(16-13)8-18-9-15-11-5-1-2-6-12(11)21(18,19)20/h1-7,9H,8,14H2,(H,16,17). The maximum atomic E-state index is 12.5. The summed E-state index contributed by atoms with van der Waals surface area (Å²) in [5, 5.41) is 0. The van der Waals surface area contributed by atoms with E-state index in [1.54, 1.807) is 42.5 Å². The molecule has 0 spiro atoms. The van der Waals surface area contributed by atoms with Gasteiger partial charge in [-0.15, -0.1) is 0 Å². The number of pyridine rings is 1. The van der Waals surface area contributed by atoms with Crippen LogP contribution in [0.25, 0.3) is 0 Å². The maximum absolute atomic E-state index is 12.5. The second-order valence-electron chi connectivity index (χ2n) is 4.42. The normalized spacial score (nSPS) is 15.6. The lowest BCUT2D eigenvalue weighted by molar-refractivity contribution is 0.518. The van der Waals surface area contributed by atoms with E-state index in [1.807, 2.05) is 0 Å². The molecule has 2 aromatic rings. The van der Waals surface area contributed by atoms with Crippen molar-refractivity contribution < 1.29 is 8.42 Å². The highest BCUT2D eigenvalue weighted by atomic mass is 32.2. The number of aliphatic imine (C=N–C) groups is 1. The van der Waals surface area contributed by atoms with Gasteiger partial charge in [-0.05, 0) is 24.3 Å². The topological polar surface area (TPSA) is 101 Å². The van der Waals surface area contributed by atoms with Crippen LogP contribution in [0.5, 0.6) is 0 Å². The number of fused-ring (bicyclic) bond motifs is 1. The van der Waals surface area contributed by atoms with Crippen LogP contribution in [-0.2, 0) is 16.6 Å². The van der Waals surface area contributed by atoms with Crippen LogP contribution in [0.2, 0.25) is 0 Å². The van der Waals surface area contributed by atoms with Crippen LogP contribution in [0, 0.1) is 0 Å². The Morgan fingerprint density at radius 1 is 1.14 bits per heavy atom. The average molecular weight is 303 g/mol. The molecule has 108 valence electrons. The van der Waals surface area contributed by atoms with Gasteiger partial charge in [0, 0.05) is 0 Å². The van der Waals surface area contributed by atoms with Crippen LogP contribution >= 0.6 is 0 Å². The number of hydrogen-bond acceptors (Lipinski definition) is 6. The summed E-state index contributed by atoms with van der Waals surface area (Å²) in [7, 11) is -3.61. The van der Waals surface area contributed by atoms with Gasteiger partial charge in [0.2, 0.25) is 0 Å². The second-order valence-corrected chi connectivity index (χ2v) is 6.28. The van der Waals surface area contributed by atoms with Gasteiger partial charge in [-0.25, -0.2) is 24.2 Å². The predicted molar refractivity (Wildman–Crippen MR) is 79.4 cm³/mol. The summed E-state index contributed by atoms with van der Waals surface area (Å²) < 4.78 is 26.2. The molecule has 21 heavy (non-hydrogen) atoms. The lowest BCUT2D eigenvalue weighted by Gasteiger charge is -2.23. The summed E-state index contributed by atoms with van der Waals surface area (Å²) >= 11 is 0. The van der Waals surface area contributed by atoms with Crippen LogP contribution in [0.15, 0.2) is 52.4 Å². The first kappa shape index (κ1) is 13.5. The Morgan fingerprint density at radius 2 is 1.95 bits per heavy atom. The third kappa shape index (κ3) is 2.46. The first-order chi connectivity index (χ1) is 10.1. The van der Waals surface area contributed by atoms with Crippen molar-refractivity contribution in [3.05, 3.63) is 48.2 Å². The van der Waals surface area contributed by atoms with Crippen molar-refractivity contribution in [2.45, 2.75) is 11.4 Å². The summed E-state index contributed by atoms with van der Waals surface area (Å²) in [6, 6.07) is 11.8. The Morgan fingerprint density at radius 3 is 2.76 bits per heavy atom. The molecular weight excluding hydrogens is 290 g/mol. The Hall–Kier alpha value is -2.45. The number of sulfonamides is 1. The number of nitrogens with two attached hydrogens (primary N) is 1. The van der Waals surface area contributed by atoms with Gasteiger partial charge in [0.25, 0.3) is 10.0 Å². The number of aromatic nitrogens is 1. The highest BCUT2D eigenvalue weighted by Crippen LogP contribution is 2.30. The molecule has 0 unspecified atom stereocenters. The molecule has 1 aliphatic heterocycles. The van der Waals surface area contributed by atoms with Crippen LogP contribution < -0.4 is 11.3 Å². The summed E-state index contributed by atoms with van der Waals surface area (Å²) in [6.07, 6.45) is 1.31. The summed E-state index contributed by atoms with van der Waals surface area (Å²) in [5.41, 5.74) is 3.44. The predicted octanol–water partition coefficient (Wildman–Crippen LogP) is 1.23. The number of nitrogens with one attached hydrogen (secondary N) is 1. The number of rotatable bonds is 3. The Balaban J connectivity index is 1.94.